The van der Waals surface area contributed by atoms with Crippen molar-refractivity contribution in [1.82, 2.24) is 0 Å². The molecule has 1 aliphatic heterocycles. The van der Waals surface area contributed by atoms with Gasteiger partial charge in [0, 0.05) is 12.2 Å². The highest BCUT2D eigenvalue weighted by Crippen LogP contribution is 2.29. The van der Waals surface area contributed by atoms with E-state index in [9.17, 15) is 9.59 Å². The molecule has 20 heavy (non-hydrogen) atoms. The van der Waals surface area contributed by atoms with Crippen LogP contribution >= 0.6 is 0 Å². The molecule has 1 atom stereocenters. The highest BCUT2D eigenvalue weighted by Gasteiger charge is 2.34. The quantitative estimate of drug-likeness (QED) is 0.793. The molecule has 0 spiro atoms. The van der Waals surface area contributed by atoms with Crippen LogP contribution in [0.2, 0.25) is 0 Å². The molecule has 1 saturated heterocycles. The summed E-state index contributed by atoms with van der Waals surface area (Å²) < 4.78 is 0. The lowest BCUT2D eigenvalue weighted by atomic mass is 9.90. The smallest absolute Gasteiger partial charge is 0.237 e. The minimum absolute atomic E-state index is 0.162. The van der Waals surface area contributed by atoms with Gasteiger partial charge in [0.25, 0.3) is 0 Å². The van der Waals surface area contributed by atoms with Crippen LogP contribution in [0.1, 0.15) is 30.4 Å². The summed E-state index contributed by atoms with van der Waals surface area (Å²) in [5, 5.41) is 8.62. The van der Waals surface area contributed by atoms with E-state index in [4.69, 9.17) is 5.26 Å². The van der Waals surface area contributed by atoms with Gasteiger partial charge in [0.15, 0.2) is 5.78 Å². The molecule has 104 valence electrons. The number of amides is 1. The monoisotopic (exact) mass is 270 g/mol. The number of aryl methyl sites for hydroxylation is 1. The van der Waals surface area contributed by atoms with Gasteiger partial charge in [-0.15, -0.1) is 0 Å². The molecule has 0 unspecified atom stereocenters. The van der Waals surface area contributed by atoms with Crippen LogP contribution in [0.3, 0.4) is 0 Å². The van der Waals surface area contributed by atoms with E-state index in [1.807, 2.05) is 38.1 Å². The van der Waals surface area contributed by atoms with Crippen molar-refractivity contribution >= 4 is 17.4 Å². The van der Waals surface area contributed by atoms with E-state index >= 15 is 0 Å². The number of ketones is 1. The summed E-state index contributed by atoms with van der Waals surface area (Å²) in [5.74, 6) is -1.07. The molecule has 1 aromatic carbocycles. The van der Waals surface area contributed by atoms with E-state index in [0.29, 0.717) is 13.0 Å². The fraction of sp³-hybridized carbons (Fsp3) is 0.438. The van der Waals surface area contributed by atoms with E-state index in [0.717, 1.165) is 23.2 Å². The number of carbonyl (C=O) groups excluding carboxylic acids is 2. The molecule has 1 fully saturated rings. The lowest BCUT2D eigenvalue weighted by Crippen LogP contribution is -2.44. The standard InChI is InChI=1S/C16H18N2O2/c1-11-5-3-7-14(12(11)2)18-10-4-6-13(16(18)20)15(19)8-9-17/h3,5,7,13H,4,6,8,10H2,1-2H3/t13-/m1/s1. The summed E-state index contributed by atoms with van der Waals surface area (Å²) in [5.41, 5.74) is 3.07. The Morgan fingerprint density at radius 3 is 2.90 bits per heavy atom. The second-order valence-electron chi connectivity index (χ2n) is 5.20. The Morgan fingerprint density at radius 2 is 2.20 bits per heavy atom. The number of benzene rings is 1. The molecule has 0 radical (unpaired) electrons. The fourth-order valence-corrected chi connectivity index (χ4v) is 2.64. The van der Waals surface area contributed by atoms with Gasteiger partial charge in [0.1, 0.15) is 0 Å². The zero-order valence-corrected chi connectivity index (χ0v) is 11.8. The molecule has 2 rings (SSSR count). The summed E-state index contributed by atoms with van der Waals surface area (Å²) in [4.78, 5) is 26.1. The number of nitriles is 1. The Hall–Kier alpha value is -2.15. The molecule has 4 nitrogen and oxygen atoms in total. The first kappa shape index (κ1) is 14.3. The van der Waals surface area contributed by atoms with Crippen molar-refractivity contribution in [3.63, 3.8) is 0 Å². The molecule has 0 saturated carbocycles. The zero-order chi connectivity index (χ0) is 14.7. The maximum Gasteiger partial charge on any atom is 0.237 e. The van der Waals surface area contributed by atoms with E-state index < -0.39 is 5.92 Å². The first-order valence-corrected chi connectivity index (χ1v) is 6.83. The molecule has 1 aliphatic rings. The van der Waals surface area contributed by atoms with E-state index in [1.54, 1.807) is 4.90 Å². The summed E-state index contributed by atoms with van der Waals surface area (Å²) in [7, 11) is 0. The van der Waals surface area contributed by atoms with Gasteiger partial charge >= 0.3 is 0 Å². The normalized spacial score (nSPS) is 18.8. The van der Waals surface area contributed by atoms with E-state index in [-0.39, 0.29) is 18.1 Å². The number of anilines is 1. The number of hydrogen-bond acceptors (Lipinski definition) is 3. The summed E-state index contributed by atoms with van der Waals surface area (Å²) in [6, 6.07) is 7.68. The molecular formula is C16H18N2O2. The van der Waals surface area contributed by atoms with Gasteiger partial charge in [0.2, 0.25) is 5.91 Å². The lowest BCUT2D eigenvalue weighted by Gasteiger charge is -2.32. The van der Waals surface area contributed by atoms with Crippen molar-refractivity contribution in [3.05, 3.63) is 29.3 Å². The third kappa shape index (κ3) is 2.57. The number of carbonyl (C=O) groups is 2. The molecule has 0 aliphatic carbocycles. The molecule has 0 N–H and O–H groups in total. The zero-order valence-electron chi connectivity index (χ0n) is 11.8. The minimum Gasteiger partial charge on any atom is -0.312 e. The molecule has 4 heteroatoms. The van der Waals surface area contributed by atoms with Crippen molar-refractivity contribution in [2.45, 2.75) is 33.1 Å². The number of hydrogen-bond donors (Lipinski definition) is 0. The molecule has 0 bridgehead atoms. The van der Waals surface area contributed by atoms with Crippen molar-refractivity contribution in [3.8, 4) is 6.07 Å². The fourth-order valence-electron chi connectivity index (χ4n) is 2.64. The Morgan fingerprint density at radius 1 is 1.45 bits per heavy atom. The number of piperidine rings is 1. The second-order valence-corrected chi connectivity index (χ2v) is 5.20. The van der Waals surface area contributed by atoms with Crippen molar-refractivity contribution in [2.24, 2.45) is 5.92 Å². The predicted octanol–water partition coefficient (Wildman–Crippen LogP) is 2.53. The van der Waals surface area contributed by atoms with Crippen LogP contribution in [-0.4, -0.2) is 18.2 Å². The molecule has 1 aromatic rings. The predicted molar refractivity (Wildman–Crippen MR) is 76.2 cm³/mol. The summed E-state index contributed by atoms with van der Waals surface area (Å²) >= 11 is 0. The van der Waals surface area contributed by atoms with Crippen LogP contribution in [0.4, 0.5) is 5.69 Å². The lowest BCUT2D eigenvalue weighted by molar-refractivity contribution is -0.133. The van der Waals surface area contributed by atoms with Gasteiger partial charge in [-0.3, -0.25) is 9.59 Å². The van der Waals surface area contributed by atoms with Crippen LogP contribution in [0.15, 0.2) is 18.2 Å². The van der Waals surface area contributed by atoms with Gasteiger partial charge in [-0.2, -0.15) is 5.26 Å². The number of rotatable bonds is 3. The van der Waals surface area contributed by atoms with Crippen LogP contribution in [0, 0.1) is 31.1 Å². The maximum absolute atomic E-state index is 12.5. The topological polar surface area (TPSA) is 61.2 Å². The van der Waals surface area contributed by atoms with Crippen molar-refractivity contribution in [1.29, 1.82) is 5.26 Å². The van der Waals surface area contributed by atoms with Gasteiger partial charge < -0.3 is 4.90 Å². The minimum atomic E-state index is -0.650. The Kier molecular flexibility index (Phi) is 4.19. The first-order valence-electron chi connectivity index (χ1n) is 6.83. The molecule has 1 heterocycles. The average molecular weight is 270 g/mol. The number of nitrogens with zero attached hydrogens (tertiary/aromatic N) is 2. The van der Waals surface area contributed by atoms with Gasteiger partial charge in [-0.05, 0) is 43.9 Å². The van der Waals surface area contributed by atoms with E-state index in [2.05, 4.69) is 0 Å². The third-order valence-electron chi connectivity index (χ3n) is 3.95. The van der Waals surface area contributed by atoms with Gasteiger partial charge in [0.05, 0.1) is 18.4 Å². The number of Topliss-reactive ketones (excluding diaryl/α,β-unsaturated/α-hetero) is 1. The Bertz CT molecular complexity index is 587. The molecule has 0 aromatic heterocycles. The highest BCUT2D eigenvalue weighted by molar-refractivity contribution is 6.09. The molecular weight excluding hydrogens is 252 g/mol. The van der Waals surface area contributed by atoms with E-state index in [1.165, 1.54) is 0 Å². The third-order valence-corrected chi connectivity index (χ3v) is 3.95. The van der Waals surface area contributed by atoms with Crippen LogP contribution in [0.5, 0.6) is 0 Å². The first-order chi connectivity index (χ1) is 9.56. The highest BCUT2D eigenvalue weighted by atomic mass is 16.2. The Balaban J connectivity index is 2.29. The Labute approximate surface area is 119 Å². The van der Waals surface area contributed by atoms with Gasteiger partial charge in [-0.25, -0.2) is 0 Å². The van der Waals surface area contributed by atoms with Crippen molar-refractivity contribution in [2.75, 3.05) is 11.4 Å². The van der Waals surface area contributed by atoms with Crippen LogP contribution in [-0.2, 0) is 9.59 Å². The molecule has 1 amide bonds. The van der Waals surface area contributed by atoms with Crippen LogP contribution in [0.25, 0.3) is 0 Å². The summed E-state index contributed by atoms with van der Waals surface area (Å²) in [6.07, 6.45) is 1.17. The van der Waals surface area contributed by atoms with Crippen molar-refractivity contribution < 1.29 is 9.59 Å². The largest absolute Gasteiger partial charge is 0.312 e. The average Bonchev–Trinajstić information content (AvgIpc) is 2.43. The maximum atomic E-state index is 12.5. The summed E-state index contributed by atoms with van der Waals surface area (Å²) in [6.45, 7) is 4.63. The second kappa shape index (κ2) is 5.87. The van der Waals surface area contributed by atoms with Gasteiger partial charge in [-0.1, -0.05) is 12.1 Å². The van der Waals surface area contributed by atoms with Crippen LogP contribution < -0.4 is 4.90 Å². The SMILES string of the molecule is Cc1cccc(N2CCC[C@H](C(=O)CC#N)C2=O)c1C.